The van der Waals surface area contributed by atoms with Gasteiger partial charge >= 0.3 is 0 Å². The highest BCUT2D eigenvalue weighted by Crippen LogP contribution is 2.09. The summed E-state index contributed by atoms with van der Waals surface area (Å²) in [4.78, 5) is 24.3. The Labute approximate surface area is 145 Å². The zero-order valence-electron chi connectivity index (χ0n) is 12.5. The lowest BCUT2D eigenvalue weighted by Gasteiger charge is -2.12. The molecule has 1 heterocycles. The zero-order chi connectivity index (χ0) is 15.8. The van der Waals surface area contributed by atoms with E-state index in [9.17, 15) is 9.59 Å². The predicted octanol–water partition coefficient (Wildman–Crippen LogP) is 2.11. The summed E-state index contributed by atoms with van der Waals surface area (Å²) >= 11 is 1.40. The van der Waals surface area contributed by atoms with Crippen LogP contribution in [0.4, 0.5) is 0 Å². The molecule has 0 saturated heterocycles. The minimum Gasteiger partial charge on any atom is -0.354 e. The van der Waals surface area contributed by atoms with Gasteiger partial charge < -0.3 is 16.4 Å². The van der Waals surface area contributed by atoms with Gasteiger partial charge in [-0.05, 0) is 23.4 Å². The van der Waals surface area contributed by atoms with Gasteiger partial charge in [0.05, 0.1) is 4.88 Å². The molecule has 0 radical (unpaired) electrons. The van der Waals surface area contributed by atoms with Crippen LogP contribution in [-0.4, -0.2) is 24.9 Å². The topological polar surface area (TPSA) is 84.2 Å². The Morgan fingerprint density at radius 3 is 2.39 bits per heavy atom. The number of rotatable bonds is 7. The van der Waals surface area contributed by atoms with Crippen LogP contribution < -0.4 is 16.4 Å². The summed E-state index contributed by atoms with van der Waals surface area (Å²) in [5.74, 6) is -0.293. The highest BCUT2D eigenvalue weighted by molar-refractivity contribution is 7.12. The number of hydrogen-bond donors (Lipinski definition) is 3. The fourth-order valence-electron chi connectivity index (χ4n) is 1.92. The second kappa shape index (κ2) is 9.99. The first kappa shape index (κ1) is 19.2. The van der Waals surface area contributed by atoms with E-state index in [-0.39, 0.29) is 24.2 Å². The molecule has 1 aromatic heterocycles. The molecule has 0 aliphatic heterocycles. The van der Waals surface area contributed by atoms with E-state index in [1.165, 1.54) is 11.3 Å². The molecule has 0 aliphatic rings. The Morgan fingerprint density at radius 1 is 1.04 bits per heavy atom. The van der Waals surface area contributed by atoms with Gasteiger partial charge in [0.2, 0.25) is 5.91 Å². The van der Waals surface area contributed by atoms with Gasteiger partial charge in [0, 0.05) is 13.1 Å². The summed E-state index contributed by atoms with van der Waals surface area (Å²) < 4.78 is 0. The number of carbonyl (C=O) groups is 2. The Balaban J connectivity index is 0.00000264. The minimum atomic E-state index is -0.665. The van der Waals surface area contributed by atoms with Crippen molar-refractivity contribution in [3.05, 3.63) is 58.3 Å². The molecule has 124 valence electrons. The van der Waals surface area contributed by atoms with Crippen molar-refractivity contribution >= 4 is 35.6 Å². The van der Waals surface area contributed by atoms with Crippen molar-refractivity contribution in [2.24, 2.45) is 5.73 Å². The van der Waals surface area contributed by atoms with Gasteiger partial charge in [-0.2, -0.15) is 0 Å². The summed E-state index contributed by atoms with van der Waals surface area (Å²) in [5.41, 5.74) is 6.67. The summed E-state index contributed by atoms with van der Waals surface area (Å²) in [7, 11) is 0. The fourth-order valence-corrected chi connectivity index (χ4v) is 2.56. The van der Waals surface area contributed by atoms with E-state index in [1.807, 2.05) is 41.8 Å². The Kier molecular flexibility index (Phi) is 8.32. The maximum Gasteiger partial charge on any atom is 0.261 e. The van der Waals surface area contributed by atoms with Crippen LogP contribution in [0.3, 0.4) is 0 Å². The van der Waals surface area contributed by atoms with Crippen LogP contribution in [0.15, 0.2) is 47.8 Å². The SMILES string of the molecule is Cl.NC(C(=O)NCCCNC(=O)c1cccs1)c1ccccc1. The van der Waals surface area contributed by atoms with Crippen molar-refractivity contribution in [1.82, 2.24) is 10.6 Å². The molecule has 1 aromatic carbocycles. The molecule has 0 spiro atoms. The standard InChI is InChI=1S/C16H19N3O2S.ClH/c17-14(12-6-2-1-3-7-12)16(21)19-10-5-9-18-15(20)13-8-4-11-22-13;/h1-4,6-8,11,14H,5,9-10,17H2,(H,18,20)(H,19,21);1H. The van der Waals surface area contributed by atoms with Crippen LogP contribution in [0.2, 0.25) is 0 Å². The largest absolute Gasteiger partial charge is 0.354 e. The fraction of sp³-hybridized carbons (Fsp3) is 0.250. The monoisotopic (exact) mass is 353 g/mol. The van der Waals surface area contributed by atoms with E-state index in [0.717, 1.165) is 5.56 Å². The van der Waals surface area contributed by atoms with E-state index in [0.29, 0.717) is 24.4 Å². The van der Waals surface area contributed by atoms with Crippen molar-refractivity contribution in [2.45, 2.75) is 12.5 Å². The summed E-state index contributed by atoms with van der Waals surface area (Å²) in [6.07, 6.45) is 0.657. The molecular weight excluding hydrogens is 334 g/mol. The molecule has 1 unspecified atom stereocenters. The maximum absolute atomic E-state index is 11.9. The third-order valence-corrected chi connectivity index (χ3v) is 3.99. The quantitative estimate of drug-likeness (QED) is 0.666. The molecule has 4 N–H and O–H groups in total. The maximum atomic E-state index is 11.9. The predicted molar refractivity (Wildman–Crippen MR) is 94.9 cm³/mol. The first-order chi connectivity index (χ1) is 10.7. The lowest BCUT2D eigenvalue weighted by molar-refractivity contribution is -0.122. The molecule has 23 heavy (non-hydrogen) atoms. The molecule has 2 rings (SSSR count). The minimum absolute atomic E-state index is 0. The van der Waals surface area contributed by atoms with Gasteiger partial charge in [0.15, 0.2) is 0 Å². The van der Waals surface area contributed by atoms with Crippen molar-refractivity contribution in [2.75, 3.05) is 13.1 Å². The average molecular weight is 354 g/mol. The first-order valence-electron chi connectivity index (χ1n) is 7.08. The second-order valence-electron chi connectivity index (χ2n) is 4.77. The molecule has 2 aromatic rings. The van der Waals surface area contributed by atoms with E-state index in [4.69, 9.17) is 5.73 Å². The number of carbonyl (C=O) groups excluding carboxylic acids is 2. The molecular formula is C16H20ClN3O2S. The second-order valence-corrected chi connectivity index (χ2v) is 5.71. The molecule has 0 aliphatic carbocycles. The van der Waals surface area contributed by atoms with Gasteiger partial charge in [-0.3, -0.25) is 9.59 Å². The summed E-state index contributed by atoms with van der Waals surface area (Å²) in [6, 6.07) is 12.2. The molecule has 0 bridgehead atoms. The number of amides is 2. The van der Waals surface area contributed by atoms with Crippen molar-refractivity contribution in [3.63, 3.8) is 0 Å². The Bertz CT molecular complexity index is 605. The summed E-state index contributed by atoms with van der Waals surface area (Å²) in [5, 5.41) is 7.45. The van der Waals surface area contributed by atoms with Gasteiger partial charge in [0.1, 0.15) is 6.04 Å². The third kappa shape index (κ3) is 6.02. The van der Waals surface area contributed by atoms with Gasteiger partial charge in [-0.25, -0.2) is 0 Å². The van der Waals surface area contributed by atoms with Crippen LogP contribution in [0.25, 0.3) is 0 Å². The molecule has 0 fully saturated rings. The molecule has 5 nitrogen and oxygen atoms in total. The third-order valence-electron chi connectivity index (χ3n) is 3.12. The number of thiophene rings is 1. The number of nitrogens with one attached hydrogen (secondary N) is 2. The van der Waals surface area contributed by atoms with Crippen molar-refractivity contribution < 1.29 is 9.59 Å². The molecule has 2 amide bonds. The lowest BCUT2D eigenvalue weighted by atomic mass is 10.1. The van der Waals surface area contributed by atoms with E-state index < -0.39 is 6.04 Å². The van der Waals surface area contributed by atoms with Crippen LogP contribution in [0.5, 0.6) is 0 Å². The number of halogens is 1. The highest BCUT2D eigenvalue weighted by atomic mass is 35.5. The number of hydrogen-bond acceptors (Lipinski definition) is 4. The van der Waals surface area contributed by atoms with Crippen molar-refractivity contribution in [3.8, 4) is 0 Å². The van der Waals surface area contributed by atoms with Crippen LogP contribution in [0, 0.1) is 0 Å². The zero-order valence-corrected chi connectivity index (χ0v) is 14.2. The molecule has 1 atom stereocenters. The van der Waals surface area contributed by atoms with Crippen LogP contribution in [-0.2, 0) is 4.79 Å². The molecule has 7 heteroatoms. The van der Waals surface area contributed by atoms with Crippen LogP contribution in [0.1, 0.15) is 27.7 Å². The highest BCUT2D eigenvalue weighted by Gasteiger charge is 2.14. The van der Waals surface area contributed by atoms with Crippen molar-refractivity contribution in [1.29, 1.82) is 0 Å². The lowest BCUT2D eigenvalue weighted by Crippen LogP contribution is -2.36. The normalized spacial score (nSPS) is 11.2. The Hall–Kier alpha value is -1.89. The van der Waals surface area contributed by atoms with Gasteiger partial charge in [-0.1, -0.05) is 36.4 Å². The number of benzene rings is 1. The summed E-state index contributed by atoms with van der Waals surface area (Å²) in [6.45, 7) is 0.988. The van der Waals surface area contributed by atoms with Gasteiger partial charge in [-0.15, -0.1) is 23.7 Å². The smallest absolute Gasteiger partial charge is 0.261 e. The molecule has 0 saturated carbocycles. The average Bonchev–Trinajstić information content (AvgIpc) is 3.09. The van der Waals surface area contributed by atoms with Gasteiger partial charge in [0.25, 0.3) is 5.91 Å². The van der Waals surface area contributed by atoms with E-state index in [2.05, 4.69) is 10.6 Å². The van der Waals surface area contributed by atoms with E-state index in [1.54, 1.807) is 6.07 Å². The first-order valence-corrected chi connectivity index (χ1v) is 7.96. The van der Waals surface area contributed by atoms with Crippen LogP contribution >= 0.6 is 23.7 Å². The Morgan fingerprint density at radius 2 is 1.74 bits per heavy atom. The number of nitrogens with two attached hydrogens (primary N) is 1. The van der Waals surface area contributed by atoms with E-state index >= 15 is 0 Å².